The highest BCUT2D eigenvalue weighted by molar-refractivity contribution is 4.97. The molecule has 1 aliphatic heterocycles. The van der Waals surface area contributed by atoms with Crippen molar-refractivity contribution < 1.29 is 9.84 Å². The van der Waals surface area contributed by atoms with E-state index in [4.69, 9.17) is 9.84 Å². The summed E-state index contributed by atoms with van der Waals surface area (Å²) in [4.78, 5) is 0. The zero-order valence-corrected chi connectivity index (χ0v) is 7.05. The van der Waals surface area contributed by atoms with Gasteiger partial charge in [-0.15, -0.1) is 6.58 Å². The van der Waals surface area contributed by atoms with Gasteiger partial charge in [-0.3, -0.25) is 0 Å². The Morgan fingerprint density at radius 1 is 1.82 bits per heavy atom. The summed E-state index contributed by atoms with van der Waals surface area (Å²) in [6, 6.07) is 0. The molecule has 0 spiro atoms. The minimum Gasteiger partial charge on any atom is -0.394 e. The van der Waals surface area contributed by atoms with Crippen LogP contribution in [0.3, 0.4) is 0 Å². The predicted molar refractivity (Wildman–Crippen MR) is 44.4 cm³/mol. The van der Waals surface area contributed by atoms with Crippen LogP contribution in [0.5, 0.6) is 0 Å². The smallest absolute Gasteiger partial charge is 0.0886 e. The Kier molecular flexibility index (Phi) is 2.68. The fourth-order valence-corrected chi connectivity index (χ4v) is 1.64. The topological polar surface area (TPSA) is 29.5 Å². The highest BCUT2D eigenvalue weighted by Crippen LogP contribution is 2.41. The summed E-state index contributed by atoms with van der Waals surface area (Å²) in [7, 11) is 0. The van der Waals surface area contributed by atoms with Gasteiger partial charge in [-0.1, -0.05) is 13.0 Å². The van der Waals surface area contributed by atoms with E-state index >= 15 is 0 Å². The van der Waals surface area contributed by atoms with E-state index in [-0.39, 0.29) is 18.1 Å². The fraction of sp³-hybridized carbons (Fsp3) is 0.778. The molecule has 0 saturated carbocycles. The number of allylic oxidation sites excluding steroid dienone is 1. The summed E-state index contributed by atoms with van der Waals surface area (Å²) in [5.74, 6) is 0. The molecule has 0 bridgehead atoms. The van der Waals surface area contributed by atoms with Crippen molar-refractivity contribution >= 4 is 0 Å². The molecule has 2 heteroatoms. The van der Waals surface area contributed by atoms with Gasteiger partial charge in [0.15, 0.2) is 0 Å². The van der Waals surface area contributed by atoms with E-state index in [2.05, 4.69) is 13.5 Å². The van der Waals surface area contributed by atoms with Gasteiger partial charge in [0.1, 0.15) is 0 Å². The molecule has 0 aromatic heterocycles. The summed E-state index contributed by atoms with van der Waals surface area (Å²) >= 11 is 0. The largest absolute Gasteiger partial charge is 0.394 e. The lowest BCUT2D eigenvalue weighted by Gasteiger charge is -2.47. The minimum absolute atomic E-state index is 0.0468. The lowest BCUT2D eigenvalue weighted by atomic mass is 9.73. The van der Waals surface area contributed by atoms with E-state index < -0.39 is 0 Å². The maximum atomic E-state index is 8.92. The van der Waals surface area contributed by atoms with Crippen LogP contribution in [0.25, 0.3) is 0 Å². The Hall–Kier alpha value is -0.340. The second kappa shape index (κ2) is 3.37. The molecule has 0 aromatic rings. The van der Waals surface area contributed by atoms with Crippen LogP contribution in [0, 0.1) is 5.41 Å². The first-order valence-corrected chi connectivity index (χ1v) is 4.12. The number of rotatable bonds is 4. The lowest BCUT2D eigenvalue weighted by Crippen LogP contribution is -2.53. The standard InChI is InChI=1S/C9H16O2/c1-3-5-9(4-2)7-11-8(9)6-10/h3,8,10H,1,4-7H2,2H3. The van der Waals surface area contributed by atoms with Crippen LogP contribution < -0.4 is 0 Å². The molecule has 1 aliphatic rings. The molecule has 0 amide bonds. The molecule has 1 rings (SSSR count). The van der Waals surface area contributed by atoms with Crippen LogP contribution >= 0.6 is 0 Å². The molecule has 1 saturated heterocycles. The van der Waals surface area contributed by atoms with E-state index in [9.17, 15) is 0 Å². The monoisotopic (exact) mass is 156 g/mol. The fourth-order valence-electron chi connectivity index (χ4n) is 1.64. The van der Waals surface area contributed by atoms with E-state index in [0.717, 1.165) is 19.4 Å². The highest BCUT2D eigenvalue weighted by Gasteiger charge is 2.45. The summed E-state index contributed by atoms with van der Waals surface area (Å²) in [5, 5.41) is 8.92. The first kappa shape index (κ1) is 8.75. The summed E-state index contributed by atoms with van der Waals surface area (Å²) in [5.41, 5.74) is 0.191. The third-order valence-corrected chi connectivity index (χ3v) is 2.68. The van der Waals surface area contributed by atoms with E-state index in [1.807, 2.05) is 6.08 Å². The Labute approximate surface area is 67.9 Å². The van der Waals surface area contributed by atoms with Crippen molar-refractivity contribution in [1.29, 1.82) is 0 Å². The van der Waals surface area contributed by atoms with Gasteiger partial charge < -0.3 is 9.84 Å². The number of hydrogen-bond donors (Lipinski definition) is 1. The molecule has 1 heterocycles. The maximum Gasteiger partial charge on any atom is 0.0886 e. The molecule has 0 radical (unpaired) electrons. The van der Waals surface area contributed by atoms with E-state index in [0.29, 0.717) is 0 Å². The molecule has 2 atom stereocenters. The number of aliphatic hydroxyl groups excluding tert-OH is 1. The highest BCUT2D eigenvalue weighted by atomic mass is 16.5. The average Bonchev–Trinajstić information content (AvgIpc) is 1.99. The molecular weight excluding hydrogens is 140 g/mol. The molecular formula is C9H16O2. The zero-order chi connectivity index (χ0) is 8.32. The van der Waals surface area contributed by atoms with Crippen LogP contribution in [-0.4, -0.2) is 24.4 Å². The average molecular weight is 156 g/mol. The van der Waals surface area contributed by atoms with E-state index in [1.54, 1.807) is 0 Å². The van der Waals surface area contributed by atoms with Crippen molar-refractivity contribution in [3.05, 3.63) is 12.7 Å². The predicted octanol–water partition coefficient (Wildman–Crippen LogP) is 1.35. The van der Waals surface area contributed by atoms with Gasteiger partial charge in [-0.2, -0.15) is 0 Å². The zero-order valence-electron chi connectivity index (χ0n) is 7.05. The van der Waals surface area contributed by atoms with Crippen LogP contribution in [0.4, 0.5) is 0 Å². The van der Waals surface area contributed by atoms with Crippen LogP contribution in [0.1, 0.15) is 19.8 Å². The van der Waals surface area contributed by atoms with Gasteiger partial charge in [-0.05, 0) is 12.8 Å². The molecule has 2 nitrogen and oxygen atoms in total. The first-order valence-electron chi connectivity index (χ1n) is 4.12. The maximum absolute atomic E-state index is 8.92. The van der Waals surface area contributed by atoms with Crippen molar-refractivity contribution in [2.24, 2.45) is 5.41 Å². The van der Waals surface area contributed by atoms with Crippen molar-refractivity contribution in [3.63, 3.8) is 0 Å². The Morgan fingerprint density at radius 3 is 2.82 bits per heavy atom. The number of aliphatic hydroxyl groups is 1. The second-order valence-electron chi connectivity index (χ2n) is 3.19. The van der Waals surface area contributed by atoms with Crippen molar-refractivity contribution in [3.8, 4) is 0 Å². The summed E-state index contributed by atoms with van der Waals surface area (Å²) in [6.07, 6.45) is 3.97. The van der Waals surface area contributed by atoms with Gasteiger partial charge in [0, 0.05) is 5.41 Å². The lowest BCUT2D eigenvalue weighted by molar-refractivity contribution is -0.202. The quantitative estimate of drug-likeness (QED) is 0.622. The first-order chi connectivity index (χ1) is 5.29. The van der Waals surface area contributed by atoms with Crippen LogP contribution in [0.15, 0.2) is 12.7 Å². The summed E-state index contributed by atoms with van der Waals surface area (Å²) < 4.78 is 5.24. The molecule has 1 N–H and O–H groups in total. The Morgan fingerprint density at radius 2 is 2.55 bits per heavy atom. The van der Waals surface area contributed by atoms with Gasteiger partial charge in [0.25, 0.3) is 0 Å². The third-order valence-electron chi connectivity index (χ3n) is 2.68. The molecule has 2 unspecified atom stereocenters. The second-order valence-corrected chi connectivity index (χ2v) is 3.19. The normalized spacial score (nSPS) is 36.4. The van der Waals surface area contributed by atoms with Gasteiger partial charge in [-0.25, -0.2) is 0 Å². The molecule has 0 aliphatic carbocycles. The third kappa shape index (κ3) is 1.33. The minimum atomic E-state index is 0.0468. The Bertz CT molecular complexity index is 138. The van der Waals surface area contributed by atoms with Gasteiger partial charge in [0.2, 0.25) is 0 Å². The van der Waals surface area contributed by atoms with Crippen molar-refractivity contribution in [2.45, 2.75) is 25.9 Å². The molecule has 11 heavy (non-hydrogen) atoms. The summed E-state index contributed by atoms with van der Waals surface area (Å²) in [6.45, 7) is 6.76. The number of hydrogen-bond acceptors (Lipinski definition) is 2. The number of ether oxygens (including phenoxy) is 1. The Balaban J connectivity index is 2.53. The SMILES string of the molecule is C=CCC1(CC)COC1CO. The van der Waals surface area contributed by atoms with Crippen molar-refractivity contribution in [2.75, 3.05) is 13.2 Å². The van der Waals surface area contributed by atoms with Crippen LogP contribution in [-0.2, 0) is 4.74 Å². The van der Waals surface area contributed by atoms with Gasteiger partial charge >= 0.3 is 0 Å². The van der Waals surface area contributed by atoms with E-state index in [1.165, 1.54) is 0 Å². The molecule has 0 aromatic carbocycles. The van der Waals surface area contributed by atoms with Gasteiger partial charge in [0.05, 0.1) is 19.3 Å². The molecule has 64 valence electrons. The van der Waals surface area contributed by atoms with Crippen LogP contribution in [0.2, 0.25) is 0 Å². The van der Waals surface area contributed by atoms with Crippen molar-refractivity contribution in [1.82, 2.24) is 0 Å². The molecule has 1 fully saturated rings.